The van der Waals surface area contributed by atoms with Gasteiger partial charge >= 0.3 is 0 Å². The third kappa shape index (κ3) is 5.10. The van der Waals surface area contributed by atoms with Crippen molar-refractivity contribution in [3.05, 3.63) is 107 Å². The molecule has 0 aliphatic heterocycles. The van der Waals surface area contributed by atoms with Crippen molar-refractivity contribution in [1.29, 1.82) is 0 Å². The monoisotopic (exact) mass is 473 g/mol. The summed E-state index contributed by atoms with van der Waals surface area (Å²) in [6, 6.07) is 20.1. The molecule has 0 saturated heterocycles. The van der Waals surface area contributed by atoms with Crippen LogP contribution in [0.2, 0.25) is 0 Å². The summed E-state index contributed by atoms with van der Waals surface area (Å²) in [5, 5.41) is 2.08. The van der Waals surface area contributed by atoms with Crippen LogP contribution in [0.3, 0.4) is 0 Å². The van der Waals surface area contributed by atoms with E-state index in [-0.39, 0.29) is 11.7 Å². The summed E-state index contributed by atoms with van der Waals surface area (Å²) < 4.78 is 20.8. The van der Waals surface area contributed by atoms with E-state index in [1.165, 1.54) is 12.1 Å². The molecule has 34 heavy (non-hydrogen) atoms. The highest BCUT2D eigenvalue weighted by Crippen LogP contribution is 2.24. The number of hydrogen-bond donors (Lipinski definition) is 0. The number of aryl methyl sites for hydroxylation is 1. The predicted octanol–water partition coefficient (Wildman–Crippen LogP) is 6.00. The summed E-state index contributed by atoms with van der Waals surface area (Å²) in [7, 11) is 0. The van der Waals surface area contributed by atoms with Crippen LogP contribution in [0.4, 0.5) is 4.39 Å². The molecule has 0 fully saturated rings. The third-order valence-corrected chi connectivity index (χ3v) is 6.70. The molecule has 0 spiro atoms. The average molecular weight is 474 g/mol. The topological polar surface area (TPSA) is 50.8 Å². The maximum atomic E-state index is 13.3. The van der Waals surface area contributed by atoms with E-state index in [1.54, 1.807) is 29.7 Å². The zero-order valence-electron chi connectivity index (χ0n) is 18.6. The normalized spacial score (nSPS) is 11.2. The smallest absolute Gasteiger partial charge is 0.223 e. The van der Waals surface area contributed by atoms with Crippen molar-refractivity contribution >= 4 is 22.2 Å². The van der Waals surface area contributed by atoms with Crippen molar-refractivity contribution in [3.8, 4) is 11.3 Å². The number of furan rings is 1. The highest BCUT2D eigenvalue weighted by atomic mass is 32.1. The highest BCUT2D eigenvalue weighted by molar-refractivity contribution is 7.15. The van der Waals surface area contributed by atoms with Crippen LogP contribution in [-0.4, -0.2) is 26.7 Å². The fourth-order valence-electron chi connectivity index (χ4n) is 3.95. The summed E-state index contributed by atoms with van der Waals surface area (Å²) in [5.74, 6) is 0.605. The molecule has 0 saturated carbocycles. The second-order valence-corrected chi connectivity index (χ2v) is 8.98. The quantitative estimate of drug-likeness (QED) is 0.264. The Kier molecular flexibility index (Phi) is 6.53. The van der Waals surface area contributed by atoms with Crippen molar-refractivity contribution in [3.63, 3.8) is 0 Å². The first-order chi connectivity index (χ1) is 16.7. The summed E-state index contributed by atoms with van der Waals surface area (Å²) in [6.07, 6.45) is 5.45. The molecule has 5 rings (SSSR count). The number of imidazole rings is 1. The molecule has 0 atom stereocenters. The van der Waals surface area contributed by atoms with Gasteiger partial charge in [-0.1, -0.05) is 30.3 Å². The Labute approximate surface area is 201 Å². The second kappa shape index (κ2) is 10.1. The van der Waals surface area contributed by atoms with E-state index in [9.17, 15) is 9.18 Å². The Hall–Kier alpha value is -3.71. The third-order valence-electron chi connectivity index (χ3n) is 5.81. The number of aromatic nitrogens is 2. The van der Waals surface area contributed by atoms with Crippen LogP contribution in [0, 0.1) is 5.82 Å². The molecule has 5 aromatic rings. The van der Waals surface area contributed by atoms with Crippen molar-refractivity contribution in [2.75, 3.05) is 6.54 Å². The van der Waals surface area contributed by atoms with Gasteiger partial charge in [-0.15, -0.1) is 11.3 Å². The molecule has 0 bridgehead atoms. The van der Waals surface area contributed by atoms with Gasteiger partial charge in [0.2, 0.25) is 5.91 Å². The number of carbonyl (C=O) groups excluding carboxylic acids is 1. The molecule has 3 heterocycles. The number of nitrogens with zero attached hydrogens (tertiary/aromatic N) is 3. The van der Waals surface area contributed by atoms with Crippen molar-refractivity contribution in [1.82, 2.24) is 14.3 Å². The van der Waals surface area contributed by atoms with E-state index in [0.717, 1.165) is 33.2 Å². The predicted molar refractivity (Wildman–Crippen MR) is 131 cm³/mol. The number of rotatable bonds is 9. The Morgan fingerprint density at radius 1 is 1.03 bits per heavy atom. The minimum atomic E-state index is -0.265. The van der Waals surface area contributed by atoms with Gasteiger partial charge in [0, 0.05) is 42.2 Å². The van der Waals surface area contributed by atoms with Gasteiger partial charge in [-0.3, -0.25) is 9.20 Å². The standard InChI is InChI=1S/C27H24FN3O2S/c28-22-11-9-21(10-12-22)25-18-31-23(19-34-27(31)29-25)14-15-30(17-24-7-4-16-33-24)26(32)13-8-20-5-2-1-3-6-20/h1-7,9-12,16,18-19H,8,13-15,17H2. The number of halogens is 1. The van der Waals surface area contributed by atoms with Gasteiger partial charge < -0.3 is 9.32 Å². The van der Waals surface area contributed by atoms with Gasteiger partial charge in [-0.05, 0) is 48.4 Å². The molecular weight excluding hydrogens is 449 g/mol. The van der Waals surface area contributed by atoms with E-state index in [1.807, 2.05) is 53.6 Å². The molecule has 0 aliphatic carbocycles. The number of fused-ring (bicyclic) bond motifs is 1. The van der Waals surface area contributed by atoms with Gasteiger partial charge in [0.15, 0.2) is 4.96 Å². The van der Waals surface area contributed by atoms with Crippen molar-refractivity contribution in [2.24, 2.45) is 0 Å². The van der Waals surface area contributed by atoms with Gasteiger partial charge in [0.05, 0.1) is 18.5 Å². The van der Waals surface area contributed by atoms with Crippen molar-refractivity contribution < 1.29 is 13.6 Å². The zero-order chi connectivity index (χ0) is 23.3. The van der Waals surface area contributed by atoms with Crippen LogP contribution in [0.1, 0.15) is 23.4 Å². The highest BCUT2D eigenvalue weighted by Gasteiger charge is 2.17. The number of amides is 1. The van der Waals surface area contributed by atoms with Gasteiger partial charge in [-0.2, -0.15) is 0 Å². The van der Waals surface area contributed by atoms with E-state index in [2.05, 4.69) is 14.8 Å². The first-order valence-corrected chi connectivity index (χ1v) is 12.1. The van der Waals surface area contributed by atoms with E-state index < -0.39 is 0 Å². The van der Waals surface area contributed by atoms with Crippen LogP contribution >= 0.6 is 11.3 Å². The van der Waals surface area contributed by atoms with Gasteiger partial charge in [0.1, 0.15) is 11.6 Å². The summed E-state index contributed by atoms with van der Waals surface area (Å²) in [4.78, 5) is 20.5. The maximum Gasteiger partial charge on any atom is 0.223 e. The summed E-state index contributed by atoms with van der Waals surface area (Å²) >= 11 is 1.56. The molecule has 0 N–H and O–H groups in total. The van der Waals surface area contributed by atoms with E-state index >= 15 is 0 Å². The molecule has 5 nitrogen and oxygen atoms in total. The molecule has 2 aromatic carbocycles. The van der Waals surface area contributed by atoms with Crippen LogP contribution < -0.4 is 0 Å². The molecule has 0 aliphatic rings. The van der Waals surface area contributed by atoms with Crippen molar-refractivity contribution in [2.45, 2.75) is 25.8 Å². The maximum absolute atomic E-state index is 13.3. The lowest BCUT2D eigenvalue weighted by atomic mass is 10.1. The molecule has 0 unspecified atom stereocenters. The average Bonchev–Trinajstić information content (AvgIpc) is 3.60. The molecule has 7 heteroatoms. The lowest BCUT2D eigenvalue weighted by molar-refractivity contribution is -0.132. The summed E-state index contributed by atoms with van der Waals surface area (Å²) in [6.45, 7) is 1.02. The van der Waals surface area contributed by atoms with Gasteiger partial charge in [0.25, 0.3) is 0 Å². The Morgan fingerprint density at radius 2 is 1.85 bits per heavy atom. The molecule has 0 radical (unpaired) electrons. The fraction of sp³-hybridized carbons (Fsp3) is 0.185. The summed E-state index contributed by atoms with van der Waals surface area (Å²) in [5.41, 5.74) is 3.92. The molecule has 3 aromatic heterocycles. The van der Waals surface area contributed by atoms with Crippen LogP contribution in [0.5, 0.6) is 0 Å². The van der Waals surface area contributed by atoms with Gasteiger partial charge in [-0.25, -0.2) is 9.37 Å². The number of thiazole rings is 1. The Morgan fingerprint density at radius 3 is 2.62 bits per heavy atom. The lowest BCUT2D eigenvalue weighted by Gasteiger charge is -2.22. The van der Waals surface area contributed by atoms with Crippen LogP contribution in [0.25, 0.3) is 16.2 Å². The minimum absolute atomic E-state index is 0.101. The zero-order valence-corrected chi connectivity index (χ0v) is 19.4. The minimum Gasteiger partial charge on any atom is -0.467 e. The number of benzene rings is 2. The number of carbonyl (C=O) groups is 1. The molecule has 172 valence electrons. The number of hydrogen-bond acceptors (Lipinski definition) is 4. The van der Waals surface area contributed by atoms with E-state index in [0.29, 0.717) is 32.4 Å². The largest absolute Gasteiger partial charge is 0.467 e. The first-order valence-electron chi connectivity index (χ1n) is 11.2. The Balaban J connectivity index is 1.30. The van der Waals surface area contributed by atoms with E-state index in [4.69, 9.17) is 4.42 Å². The Bertz CT molecular complexity index is 1360. The first kappa shape index (κ1) is 22.1. The lowest BCUT2D eigenvalue weighted by Crippen LogP contribution is -2.32. The van der Waals surface area contributed by atoms with Crippen LogP contribution in [-0.2, 0) is 24.2 Å². The molecular formula is C27H24FN3O2S. The second-order valence-electron chi connectivity index (χ2n) is 8.14. The molecule has 1 amide bonds. The fourth-order valence-corrected chi connectivity index (χ4v) is 4.86. The van der Waals surface area contributed by atoms with Crippen LogP contribution in [0.15, 0.2) is 89.0 Å². The SMILES string of the molecule is O=C(CCc1ccccc1)N(CCc1csc2nc(-c3ccc(F)cc3)cn12)Cc1ccco1.